The van der Waals surface area contributed by atoms with Crippen molar-refractivity contribution >= 4 is 34.0 Å². The van der Waals surface area contributed by atoms with Gasteiger partial charge in [0, 0.05) is 38.0 Å². The van der Waals surface area contributed by atoms with Gasteiger partial charge in [-0.15, -0.1) is 0 Å². The van der Waals surface area contributed by atoms with E-state index < -0.39 is 33.9 Å². The van der Waals surface area contributed by atoms with Crippen LogP contribution in [0.1, 0.15) is 106 Å². The van der Waals surface area contributed by atoms with E-state index >= 15 is 0 Å². The molecule has 0 heterocycles. The summed E-state index contributed by atoms with van der Waals surface area (Å²) >= 11 is 0. The number of hydrogen-bond acceptors (Lipinski definition) is 10. The Bertz CT molecular complexity index is 1260. The van der Waals surface area contributed by atoms with E-state index in [2.05, 4.69) is 27.7 Å². The fraction of sp³-hybridized carbons (Fsp3) is 0.879. The Balaban J connectivity index is 1.64. The molecule has 0 bridgehead atoms. The van der Waals surface area contributed by atoms with Gasteiger partial charge in [0.05, 0.1) is 0 Å². The Labute approximate surface area is 267 Å². The lowest BCUT2D eigenvalue weighted by Gasteiger charge is -2.68. The molecular weight excluding hydrogens is 604 g/mol. The van der Waals surface area contributed by atoms with Gasteiger partial charge in [0.1, 0.15) is 30.7 Å². The van der Waals surface area contributed by atoms with Crippen LogP contribution in [0.5, 0.6) is 0 Å². The molecule has 0 spiro atoms. The summed E-state index contributed by atoms with van der Waals surface area (Å²) in [5.74, 6) is -1.60. The monoisotopic (exact) mass is 656 g/mol. The van der Waals surface area contributed by atoms with Crippen LogP contribution in [0.2, 0.25) is 0 Å². The topological polar surface area (TPSA) is 160 Å². The number of ether oxygens (including phenoxy) is 4. The molecule has 0 aromatic carbocycles. The maximum Gasteiger partial charge on any atom is 0.305 e. The fourth-order valence-corrected chi connectivity index (χ4v) is 10.9. The maximum absolute atomic E-state index is 12.6. The molecule has 256 valence electrons. The van der Waals surface area contributed by atoms with Gasteiger partial charge in [-0.05, 0) is 86.4 Å². The average molecular weight is 657 g/mol. The summed E-state index contributed by atoms with van der Waals surface area (Å²) in [4.78, 5) is 49.4. The van der Waals surface area contributed by atoms with Crippen LogP contribution in [0.15, 0.2) is 0 Å². The van der Waals surface area contributed by atoms with Crippen molar-refractivity contribution in [2.45, 2.75) is 125 Å². The molecule has 11 nitrogen and oxygen atoms in total. The lowest BCUT2D eigenvalue weighted by atomic mass is 9.37. The van der Waals surface area contributed by atoms with Crippen molar-refractivity contribution in [3.05, 3.63) is 0 Å². The van der Waals surface area contributed by atoms with E-state index in [1.54, 1.807) is 0 Å². The lowest BCUT2D eigenvalue weighted by Crippen LogP contribution is -2.68. The van der Waals surface area contributed by atoms with E-state index in [0.29, 0.717) is 25.7 Å². The molecule has 4 rings (SSSR count). The predicted molar refractivity (Wildman–Crippen MR) is 163 cm³/mol. The van der Waals surface area contributed by atoms with Gasteiger partial charge < -0.3 is 18.9 Å². The molecule has 0 aromatic rings. The second-order valence-electron chi connectivity index (χ2n) is 14.9. The summed E-state index contributed by atoms with van der Waals surface area (Å²) < 4.78 is 54.0. The summed E-state index contributed by atoms with van der Waals surface area (Å²) in [5, 5.41) is 0. The molecule has 0 radical (unpaired) electrons. The van der Waals surface area contributed by atoms with Crippen molar-refractivity contribution in [1.82, 2.24) is 0 Å². The minimum absolute atomic E-state index is 0.0607. The number of rotatable bonds is 10. The zero-order chi connectivity index (χ0) is 33.5. The summed E-state index contributed by atoms with van der Waals surface area (Å²) in [5.41, 5.74) is -0.960. The highest BCUT2D eigenvalue weighted by molar-refractivity contribution is 7.85. The van der Waals surface area contributed by atoms with Crippen LogP contribution in [-0.4, -0.2) is 67.5 Å². The molecule has 0 aromatic heterocycles. The second-order valence-corrected chi connectivity index (χ2v) is 16.5. The highest BCUT2D eigenvalue weighted by atomic mass is 32.2. The van der Waals surface area contributed by atoms with Gasteiger partial charge in [-0.2, -0.15) is 8.42 Å². The number of hydrogen-bond donors (Lipinski definition) is 1. The van der Waals surface area contributed by atoms with Crippen molar-refractivity contribution in [3.63, 3.8) is 0 Å². The third kappa shape index (κ3) is 7.06. The SMILES string of the molecule is CC(=O)OC1CC[C@@]2(C)C(C1)CC(OC(C)=O)[C@@]1(C)[C@@H]3CC[C@H]([C@H](C)CCC(=O)OCCS(=O)(=O)O)[C@@]3(C)C(OC(C)=O)C[C@@H]12. The lowest BCUT2D eigenvalue weighted by molar-refractivity contribution is -0.260. The first kappa shape index (κ1) is 35.6. The smallest absolute Gasteiger partial charge is 0.305 e. The van der Waals surface area contributed by atoms with Crippen molar-refractivity contribution in [1.29, 1.82) is 0 Å². The Kier molecular flexibility index (Phi) is 10.4. The summed E-state index contributed by atoms with van der Waals surface area (Å²) in [6.07, 6.45) is 5.10. The van der Waals surface area contributed by atoms with E-state index in [0.717, 1.165) is 25.7 Å². The van der Waals surface area contributed by atoms with Crippen LogP contribution in [0, 0.1) is 45.8 Å². The quantitative estimate of drug-likeness (QED) is 0.194. The molecular formula is C33H52O11S. The van der Waals surface area contributed by atoms with Crippen LogP contribution in [0.25, 0.3) is 0 Å². The first-order valence-corrected chi connectivity index (χ1v) is 18.1. The highest BCUT2D eigenvalue weighted by Gasteiger charge is 2.72. The minimum atomic E-state index is -4.22. The van der Waals surface area contributed by atoms with Gasteiger partial charge >= 0.3 is 23.9 Å². The van der Waals surface area contributed by atoms with Gasteiger partial charge in [0.15, 0.2) is 0 Å². The zero-order valence-corrected chi connectivity index (χ0v) is 28.7. The van der Waals surface area contributed by atoms with Crippen LogP contribution in [0.3, 0.4) is 0 Å². The Morgan fingerprint density at radius 1 is 0.822 bits per heavy atom. The zero-order valence-electron chi connectivity index (χ0n) is 27.8. The van der Waals surface area contributed by atoms with Crippen molar-refractivity contribution in [3.8, 4) is 0 Å². The number of carbonyl (C=O) groups is 4. The van der Waals surface area contributed by atoms with E-state index in [1.165, 1.54) is 20.8 Å². The normalized spacial score (nSPS) is 39.8. The molecule has 1 N–H and O–H groups in total. The standard InChI is InChI=1S/C33H52O11S/c1-19(8-11-30(37)41-14-15-45(38,39)40)25-9-10-26-32(25,6)29(44-22(4)36)18-27-31(5)13-12-24(42-20(2)34)16-23(31)17-28(33(26,27)7)43-21(3)35/h19,23-29H,8-18H2,1-7H3,(H,38,39,40)/t19-,23?,24?,25-,26-,27-,28?,29?,31+,32-,33+/m1/s1. The Hall–Kier alpha value is -2.21. The number of esters is 4. The van der Waals surface area contributed by atoms with Crippen molar-refractivity contribution < 1.29 is 51.1 Å². The third-order valence-electron chi connectivity index (χ3n) is 12.5. The highest BCUT2D eigenvalue weighted by Crippen LogP contribution is 2.74. The van der Waals surface area contributed by atoms with Crippen LogP contribution in [-0.2, 0) is 48.2 Å². The molecule has 11 atom stereocenters. The molecule has 45 heavy (non-hydrogen) atoms. The molecule has 0 amide bonds. The molecule has 0 saturated heterocycles. The summed E-state index contributed by atoms with van der Waals surface area (Å²) in [6.45, 7) is 12.8. The molecule has 4 saturated carbocycles. The fourth-order valence-electron chi connectivity index (χ4n) is 10.7. The summed E-state index contributed by atoms with van der Waals surface area (Å²) in [6, 6.07) is 0. The van der Waals surface area contributed by atoms with Gasteiger partial charge in [0.2, 0.25) is 0 Å². The first-order valence-electron chi connectivity index (χ1n) is 16.4. The first-order chi connectivity index (χ1) is 20.8. The molecule has 4 unspecified atom stereocenters. The van der Waals surface area contributed by atoms with E-state index in [-0.39, 0.29) is 83.1 Å². The number of fused-ring (bicyclic) bond motifs is 5. The Morgan fingerprint density at radius 3 is 2.00 bits per heavy atom. The van der Waals surface area contributed by atoms with Crippen molar-refractivity contribution in [2.75, 3.05) is 12.4 Å². The van der Waals surface area contributed by atoms with Crippen LogP contribution in [0.4, 0.5) is 0 Å². The minimum Gasteiger partial charge on any atom is -0.464 e. The third-order valence-corrected chi connectivity index (χ3v) is 13.2. The Morgan fingerprint density at radius 2 is 1.42 bits per heavy atom. The largest absolute Gasteiger partial charge is 0.464 e. The molecule has 4 aliphatic carbocycles. The van der Waals surface area contributed by atoms with Gasteiger partial charge in [-0.1, -0.05) is 27.7 Å². The van der Waals surface area contributed by atoms with E-state index in [1.807, 2.05) is 0 Å². The predicted octanol–water partition coefficient (Wildman–Crippen LogP) is 4.90. The molecule has 4 aliphatic rings. The van der Waals surface area contributed by atoms with E-state index in [4.69, 9.17) is 23.5 Å². The second kappa shape index (κ2) is 13.1. The molecule has 0 aliphatic heterocycles. The van der Waals surface area contributed by atoms with Crippen molar-refractivity contribution in [2.24, 2.45) is 45.8 Å². The molecule has 12 heteroatoms. The van der Waals surface area contributed by atoms with Crippen LogP contribution < -0.4 is 0 Å². The van der Waals surface area contributed by atoms with Crippen LogP contribution >= 0.6 is 0 Å². The van der Waals surface area contributed by atoms with Gasteiger partial charge in [-0.3, -0.25) is 23.7 Å². The van der Waals surface area contributed by atoms with E-state index in [9.17, 15) is 27.6 Å². The molecule has 4 fully saturated rings. The van der Waals surface area contributed by atoms with Gasteiger partial charge in [-0.25, -0.2) is 0 Å². The summed E-state index contributed by atoms with van der Waals surface area (Å²) in [7, 11) is -4.22. The maximum atomic E-state index is 12.6. The number of carbonyl (C=O) groups excluding carboxylic acids is 4. The average Bonchev–Trinajstić information content (AvgIpc) is 3.27. The van der Waals surface area contributed by atoms with Gasteiger partial charge in [0.25, 0.3) is 10.1 Å².